The number of Topliss-reactive ketones (excluding diaryl/α,β-unsaturated/α-hetero) is 1. The van der Waals surface area contributed by atoms with Gasteiger partial charge in [0.05, 0.1) is 28.9 Å². The van der Waals surface area contributed by atoms with Crippen LogP contribution in [0.4, 0.5) is 11.4 Å². The number of amides is 1. The van der Waals surface area contributed by atoms with Gasteiger partial charge in [0.1, 0.15) is 11.5 Å². The van der Waals surface area contributed by atoms with Gasteiger partial charge in [0.25, 0.3) is 0 Å². The number of nitrogens with zero attached hydrogens (tertiary/aromatic N) is 2. The van der Waals surface area contributed by atoms with Crippen LogP contribution < -0.4 is 9.64 Å². The molecule has 1 fully saturated rings. The Balaban J connectivity index is 1.60. The summed E-state index contributed by atoms with van der Waals surface area (Å²) < 4.78 is 5.66. The summed E-state index contributed by atoms with van der Waals surface area (Å²) in [5, 5.41) is 0.523. The zero-order valence-electron chi connectivity index (χ0n) is 20.9. The van der Waals surface area contributed by atoms with E-state index in [1.165, 1.54) is 6.92 Å². The van der Waals surface area contributed by atoms with Gasteiger partial charge in [-0.1, -0.05) is 49.7 Å². The molecule has 1 heterocycles. The van der Waals surface area contributed by atoms with E-state index in [9.17, 15) is 14.4 Å². The van der Waals surface area contributed by atoms with E-state index in [4.69, 9.17) is 21.3 Å². The molecule has 3 aromatic rings. The number of aliphatic imine (C=N–C) groups is 1. The quantitative estimate of drug-likeness (QED) is 0.286. The number of ketones is 1. The lowest BCUT2D eigenvalue weighted by atomic mass is 9.68. The number of ether oxygens (including phenoxy) is 1. The molecule has 3 aromatic carbocycles. The van der Waals surface area contributed by atoms with Crippen LogP contribution in [0.1, 0.15) is 55.6 Å². The van der Waals surface area contributed by atoms with Crippen molar-refractivity contribution < 1.29 is 19.1 Å². The zero-order valence-corrected chi connectivity index (χ0v) is 21.7. The number of halogens is 1. The molecule has 7 heteroatoms. The average molecular weight is 515 g/mol. The van der Waals surface area contributed by atoms with Gasteiger partial charge in [-0.25, -0.2) is 4.79 Å². The highest BCUT2D eigenvalue weighted by Crippen LogP contribution is 2.48. The summed E-state index contributed by atoms with van der Waals surface area (Å²) in [5.74, 6) is -0.967. The third kappa shape index (κ3) is 4.94. The Labute approximate surface area is 220 Å². The normalized spacial score (nSPS) is 20.3. The molecule has 0 saturated heterocycles. The minimum Gasteiger partial charge on any atom is -0.423 e. The van der Waals surface area contributed by atoms with Gasteiger partial charge in [-0.15, -0.1) is 0 Å². The van der Waals surface area contributed by atoms with Crippen LogP contribution in [-0.2, 0) is 9.59 Å². The van der Waals surface area contributed by atoms with Crippen molar-refractivity contribution in [3.63, 3.8) is 0 Å². The monoisotopic (exact) mass is 514 g/mol. The molecular formula is C30H27ClN2O4. The fourth-order valence-electron chi connectivity index (χ4n) is 5.33. The Morgan fingerprint density at radius 3 is 2.46 bits per heavy atom. The van der Waals surface area contributed by atoms with Gasteiger partial charge in [-0.3, -0.25) is 14.6 Å². The van der Waals surface area contributed by atoms with Crippen LogP contribution in [-0.4, -0.2) is 23.4 Å². The van der Waals surface area contributed by atoms with Crippen molar-refractivity contribution in [3.8, 4) is 5.75 Å². The van der Waals surface area contributed by atoms with Crippen molar-refractivity contribution in [2.75, 3.05) is 4.90 Å². The van der Waals surface area contributed by atoms with Crippen LogP contribution in [0.2, 0.25) is 5.02 Å². The second kappa shape index (κ2) is 9.60. The third-order valence-electron chi connectivity index (χ3n) is 6.85. The maximum absolute atomic E-state index is 13.7. The highest BCUT2D eigenvalue weighted by molar-refractivity contribution is 6.30. The van der Waals surface area contributed by atoms with Gasteiger partial charge in [0.2, 0.25) is 5.91 Å². The standard InChI is InChI=1S/C30H27ClN2O4/c1-18(34)33-25-10-5-4-9-23(25)32-24-16-30(2,3)17-26(35)27(24)28(33)20-7-6-8-22(15-20)37-29(36)19-11-13-21(31)14-12-19/h4-15,27-28H,16-17H2,1-3H3. The number of hydrogen-bond donors (Lipinski definition) is 0. The summed E-state index contributed by atoms with van der Waals surface area (Å²) in [5.41, 5.74) is 2.91. The number of benzene rings is 3. The van der Waals surface area contributed by atoms with E-state index in [-0.39, 0.29) is 17.1 Å². The molecule has 37 heavy (non-hydrogen) atoms. The minimum atomic E-state index is -0.627. The van der Waals surface area contributed by atoms with Crippen molar-refractivity contribution in [3.05, 3.63) is 88.9 Å². The molecule has 5 rings (SSSR count). The van der Waals surface area contributed by atoms with Crippen molar-refractivity contribution in [1.82, 2.24) is 0 Å². The van der Waals surface area contributed by atoms with E-state index < -0.39 is 17.9 Å². The summed E-state index contributed by atoms with van der Waals surface area (Å²) in [4.78, 5) is 46.2. The van der Waals surface area contributed by atoms with Gasteiger partial charge in [0.15, 0.2) is 0 Å². The number of fused-ring (bicyclic) bond motifs is 2. The summed E-state index contributed by atoms with van der Waals surface area (Å²) >= 11 is 5.94. The molecule has 0 radical (unpaired) electrons. The first-order valence-corrected chi connectivity index (χ1v) is 12.6. The maximum atomic E-state index is 13.7. The minimum absolute atomic E-state index is 0.0441. The van der Waals surface area contributed by atoms with Crippen LogP contribution in [0, 0.1) is 11.3 Å². The van der Waals surface area contributed by atoms with Crippen LogP contribution in [0.5, 0.6) is 5.75 Å². The van der Waals surface area contributed by atoms with Gasteiger partial charge in [0, 0.05) is 24.1 Å². The first-order chi connectivity index (χ1) is 17.6. The molecule has 0 spiro atoms. The lowest BCUT2D eigenvalue weighted by molar-refractivity contribution is -0.124. The molecule has 1 saturated carbocycles. The van der Waals surface area contributed by atoms with Gasteiger partial charge >= 0.3 is 5.97 Å². The van der Waals surface area contributed by atoms with Crippen LogP contribution in [0.25, 0.3) is 0 Å². The average Bonchev–Trinajstić information content (AvgIpc) is 2.98. The van der Waals surface area contributed by atoms with E-state index >= 15 is 0 Å². The Bertz CT molecular complexity index is 1430. The third-order valence-corrected chi connectivity index (χ3v) is 7.10. The summed E-state index contributed by atoms with van der Waals surface area (Å²) in [6.07, 6.45) is 1.03. The van der Waals surface area contributed by atoms with E-state index in [0.29, 0.717) is 46.1 Å². The van der Waals surface area contributed by atoms with Crippen molar-refractivity contribution in [1.29, 1.82) is 0 Å². The molecule has 2 unspecified atom stereocenters. The van der Waals surface area contributed by atoms with Crippen molar-refractivity contribution >= 4 is 46.3 Å². The Kier molecular flexibility index (Phi) is 6.46. The number of para-hydroxylation sites is 2. The second-order valence-corrected chi connectivity index (χ2v) is 10.8. The summed E-state index contributed by atoms with van der Waals surface area (Å²) in [6.45, 7) is 5.63. The Morgan fingerprint density at radius 2 is 1.73 bits per heavy atom. The van der Waals surface area contributed by atoms with Crippen LogP contribution in [0.3, 0.4) is 0 Å². The molecule has 0 N–H and O–H groups in total. The molecule has 1 aliphatic carbocycles. The predicted octanol–water partition coefficient (Wildman–Crippen LogP) is 6.74. The smallest absolute Gasteiger partial charge is 0.343 e. The molecule has 1 amide bonds. The fourth-order valence-corrected chi connectivity index (χ4v) is 5.46. The van der Waals surface area contributed by atoms with E-state index in [0.717, 1.165) is 5.71 Å². The summed E-state index contributed by atoms with van der Waals surface area (Å²) in [6, 6.07) is 20.3. The van der Waals surface area contributed by atoms with Crippen molar-refractivity contribution in [2.24, 2.45) is 16.3 Å². The zero-order chi connectivity index (χ0) is 26.3. The van der Waals surface area contributed by atoms with E-state index in [1.54, 1.807) is 47.4 Å². The molecule has 6 nitrogen and oxygen atoms in total. The van der Waals surface area contributed by atoms with Crippen LogP contribution >= 0.6 is 11.6 Å². The van der Waals surface area contributed by atoms with Gasteiger partial charge in [-0.2, -0.15) is 0 Å². The fraction of sp³-hybridized carbons (Fsp3) is 0.267. The maximum Gasteiger partial charge on any atom is 0.343 e. The first kappa shape index (κ1) is 24.9. The molecule has 188 valence electrons. The lowest BCUT2D eigenvalue weighted by Gasteiger charge is -2.40. The Hall–Kier alpha value is -3.77. The molecular weight excluding hydrogens is 488 g/mol. The number of anilines is 1. The van der Waals surface area contributed by atoms with E-state index in [1.807, 2.05) is 30.3 Å². The van der Waals surface area contributed by atoms with Crippen LogP contribution in [0.15, 0.2) is 77.8 Å². The molecule has 1 aliphatic heterocycles. The van der Waals surface area contributed by atoms with Gasteiger partial charge < -0.3 is 9.64 Å². The number of hydrogen-bond acceptors (Lipinski definition) is 5. The molecule has 0 bridgehead atoms. The number of rotatable bonds is 3. The Morgan fingerprint density at radius 1 is 1.00 bits per heavy atom. The lowest BCUT2D eigenvalue weighted by Crippen LogP contribution is -2.46. The largest absolute Gasteiger partial charge is 0.423 e. The van der Waals surface area contributed by atoms with Gasteiger partial charge in [-0.05, 0) is 65.9 Å². The highest BCUT2D eigenvalue weighted by atomic mass is 35.5. The first-order valence-electron chi connectivity index (χ1n) is 12.2. The topological polar surface area (TPSA) is 76.0 Å². The highest BCUT2D eigenvalue weighted by Gasteiger charge is 2.47. The number of carbonyl (C=O) groups is 3. The van der Waals surface area contributed by atoms with Crippen molar-refractivity contribution in [2.45, 2.75) is 39.7 Å². The van der Waals surface area contributed by atoms with E-state index in [2.05, 4.69) is 13.8 Å². The predicted molar refractivity (Wildman–Crippen MR) is 144 cm³/mol. The second-order valence-electron chi connectivity index (χ2n) is 10.4. The molecule has 2 atom stereocenters. The SMILES string of the molecule is CC(=O)N1c2ccccc2N=C2CC(C)(C)CC(=O)C2C1c1cccc(OC(=O)c2ccc(Cl)cc2)c1. The molecule has 2 aliphatic rings. The summed E-state index contributed by atoms with van der Waals surface area (Å²) in [7, 11) is 0. The molecule has 0 aromatic heterocycles. The number of esters is 1. The number of carbonyl (C=O) groups excluding carboxylic acids is 3.